The highest BCUT2D eigenvalue weighted by Crippen LogP contribution is 2.39. The highest BCUT2D eigenvalue weighted by atomic mass is 35.5. The third-order valence-electron chi connectivity index (χ3n) is 4.90. The molecule has 2 N–H and O–H groups in total. The molecule has 1 heterocycles. The van der Waals surface area contributed by atoms with Gasteiger partial charge in [0, 0.05) is 17.1 Å². The third-order valence-corrected chi connectivity index (χ3v) is 5.15. The van der Waals surface area contributed by atoms with Crippen LogP contribution in [0.2, 0.25) is 5.02 Å². The second kappa shape index (κ2) is 8.98. The summed E-state index contributed by atoms with van der Waals surface area (Å²) in [7, 11) is 0. The van der Waals surface area contributed by atoms with Gasteiger partial charge in [0.2, 0.25) is 5.88 Å². The highest BCUT2D eigenvalue weighted by Gasteiger charge is 2.43. The lowest BCUT2D eigenvalue weighted by Crippen LogP contribution is -2.43. The fraction of sp³-hybridized carbons (Fsp3) is 0.450. The van der Waals surface area contributed by atoms with Crippen molar-refractivity contribution in [2.24, 2.45) is 5.92 Å². The van der Waals surface area contributed by atoms with Gasteiger partial charge in [-0.05, 0) is 37.8 Å². The molecule has 180 valence electrons. The van der Waals surface area contributed by atoms with E-state index in [1.807, 2.05) is 0 Å². The summed E-state index contributed by atoms with van der Waals surface area (Å²) in [6.07, 6.45) is -8.67. The van der Waals surface area contributed by atoms with Crippen molar-refractivity contribution in [2.75, 3.05) is 13.2 Å². The number of rotatable bonds is 7. The van der Waals surface area contributed by atoms with Crippen molar-refractivity contribution >= 4 is 17.5 Å². The Morgan fingerprint density at radius 1 is 1.15 bits per heavy atom. The SMILES string of the molecule is CC(O)(CNC(=O)c1nc(-c2ccc(Cl)cc2)c(OCC(F)(F)F)nc1C(F)(F)F)C1CC1. The second-order valence-corrected chi connectivity index (χ2v) is 8.23. The number of ether oxygens (including phenoxy) is 1. The topological polar surface area (TPSA) is 84.3 Å². The van der Waals surface area contributed by atoms with Gasteiger partial charge < -0.3 is 15.2 Å². The van der Waals surface area contributed by atoms with Crippen LogP contribution < -0.4 is 10.1 Å². The van der Waals surface area contributed by atoms with Gasteiger partial charge in [-0.2, -0.15) is 26.3 Å². The van der Waals surface area contributed by atoms with Crippen molar-refractivity contribution in [1.29, 1.82) is 0 Å². The van der Waals surface area contributed by atoms with E-state index in [4.69, 9.17) is 11.6 Å². The van der Waals surface area contributed by atoms with E-state index in [0.29, 0.717) is 12.8 Å². The monoisotopic (exact) mass is 497 g/mol. The Bertz CT molecular complexity index is 1020. The predicted molar refractivity (Wildman–Crippen MR) is 105 cm³/mol. The molecule has 2 aromatic rings. The summed E-state index contributed by atoms with van der Waals surface area (Å²) >= 11 is 5.79. The fourth-order valence-corrected chi connectivity index (χ4v) is 3.14. The molecule has 1 atom stereocenters. The van der Waals surface area contributed by atoms with Crippen molar-refractivity contribution in [1.82, 2.24) is 15.3 Å². The summed E-state index contributed by atoms with van der Waals surface area (Å²) in [4.78, 5) is 19.5. The Kier molecular flexibility index (Phi) is 6.81. The molecule has 1 amide bonds. The first-order valence-corrected chi connectivity index (χ1v) is 10.0. The standard InChI is InChI=1S/C20H18ClF6N3O3/c1-18(32,11-4-5-11)8-28-16(31)14-15(20(25,26)27)30-17(33-9-19(22,23)24)13(29-14)10-2-6-12(21)7-3-10/h2-3,6-7,11,32H,4-5,8-9H2,1H3,(H,28,31). The van der Waals surface area contributed by atoms with Gasteiger partial charge in [0.05, 0.1) is 5.60 Å². The minimum atomic E-state index is -5.23. The van der Waals surface area contributed by atoms with Crippen LogP contribution in [0.15, 0.2) is 24.3 Å². The van der Waals surface area contributed by atoms with Crippen molar-refractivity contribution in [3.63, 3.8) is 0 Å². The fourth-order valence-electron chi connectivity index (χ4n) is 3.02. The van der Waals surface area contributed by atoms with Crippen LogP contribution in [-0.4, -0.2) is 45.9 Å². The summed E-state index contributed by atoms with van der Waals surface area (Å²) in [5.74, 6) is -2.45. The molecule has 33 heavy (non-hydrogen) atoms. The van der Waals surface area contributed by atoms with Crippen molar-refractivity contribution in [2.45, 2.75) is 37.7 Å². The molecule has 1 fully saturated rings. The van der Waals surface area contributed by atoms with E-state index in [9.17, 15) is 36.2 Å². The number of hydrogen-bond donors (Lipinski definition) is 2. The molecule has 0 spiro atoms. The van der Waals surface area contributed by atoms with Crippen LogP contribution in [0.4, 0.5) is 26.3 Å². The molecule has 1 unspecified atom stereocenters. The van der Waals surface area contributed by atoms with Gasteiger partial charge in [-0.15, -0.1) is 0 Å². The first kappa shape index (κ1) is 25.0. The molecule has 13 heteroatoms. The lowest BCUT2D eigenvalue weighted by Gasteiger charge is -2.23. The first-order chi connectivity index (χ1) is 15.2. The van der Waals surface area contributed by atoms with E-state index in [-0.39, 0.29) is 23.0 Å². The Labute approximate surface area is 188 Å². The number of carbonyl (C=O) groups excluding carboxylic acids is 1. The number of carbonyl (C=O) groups is 1. The Hall–Kier alpha value is -2.60. The summed E-state index contributed by atoms with van der Waals surface area (Å²) in [5, 5.41) is 12.8. The number of alkyl halides is 6. The zero-order chi connectivity index (χ0) is 24.6. The molecule has 1 aromatic heterocycles. The summed E-state index contributed by atoms with van der Waals surface area (Å²) < 4.78 is 83.4. The van der Waals surface area contributed by atoms with Crippen LogP contribution in [-0.2, 0) is 6.18 Å². The zero-order valence-corrected chi connectivity index (χ0v) is 17.8. The minimum absolute atomic E-state index is 0.0248. The van der Waals surface area contributed by atoms with Crippen LogP contribution in [0, 0.1) is 5.92 Å². The van der Waals surface area contributed by atoms with Gasteiger partial charge >= 0.3 is 12.4 Å². The smallest absolute Gasteiger partial charge is 0.435 e. The maximum Gasteiger partial charge on any atom is 0.435 e. The summed E-state index contributed by atoms with van der Waals surface area (Å²) in [5.41, 5.74) is -4.81. The molecule has 0 bridgehead atoms. The Morgan fingerprint density at radius 3 is 2.27 bits per heavy atom. The largest absolute Gasteiger partial charge is 0.466 e. The second-order valence-electron chi connectivity index (χ2n) is 7.80. The van der Waals surface area contributed by atoms with E-state index in [1.54, 1.807) is 0 Å². The molecule has 1 aliphatic carbocycles. The number of aliphatic hydroxyl groups is 1. The van der Waals surface area contributed by atoms with Crippen molar-refractivity contribution < 1.29 is 41.0 Å². The molecule has 6 nitrogen and oxygen atoms in total. The molecule has 1 aliphatic rings. The third kappa shape index (κ3) is 6.47. The van der Waals surface area contributed by atoms with E-state index in [1.165, 1.54) is 31.2 Å². The first-order valence-electron chi connectivity index (χ1n) is 9.63. The van der Waals surface area contributed by atoms with Crippen molar-refractivity contribution in [3.05, 3.63) is 40.7 Å². The zero-order valence-electron chi connectivity index (χ0n) is 17.0. The van der Waals surface area contributed by atoms with Crippen LogP contribution >= 0.6 is 11.6 Å². The van der Waals surface area contributed by atoms with Gasteiger partial charge in [0.25, 0.3) is 5.91 Å². The minimum Gasteiger partial charge on any atom is -0.466 e. The number of amides is 1. The molecule has 1 aromatic carbocycles. The maximum atomic E-state index is 13.6. The lowest BCUT2D eigenvalue weighted by atomic mass is 10.0. The van der Waals surface area contributed by atoms with Gasteiger partial charge in [-0.25, -0.2) is 9.97 Å². The number of halogens is 7. The van der Waals surface area contributed by atoms with Crippen LogP contribution in [0.5, 0.6) is 5.88 Å². The number of nitrogens with one attached hydrogen (secondary N) is 1. The van der Waals surface area contributed by atoms with E-state index in [0.717, 1.165) is 0 Å². The number of nitrogens with zero attached hydrogens (tertiary/aromatic N) is 2. The van der Waals surface area contributed by atoms with Gasteiger partial charge in [-0.1, -0.05) is 23.7 Å². The van der Waals surface area contributed by atoms with E-state index < -0.39 is 53.4 Å². The summed E-state index contributed by atoms with van der Waals surface area (Å²) in [6.45, 7) is -0.831. The predicted octanol–water partition coefficient (Wildman–Crippen LogP) is 4.65. The molecular formula is C20H18ClF6N3O3. The Morgan fingerprint density at radius 2 is 1.76 bits per heavy atom. The Balaban J connectivity index is 2.05. The van der Waals surface area contributed by atoms with Crippen LogP contribution in [0.25, 0.3) is 11.3 Å². The van der Waals surface area contributed by atoms with Gasteiger partial charge in [-0.3, -0.25) is 4.79 Å². The van der Waals surface area contributed by atoms with Crippen LogP contribution in [0.3, 0.4) is 0 Å². The molecule has 0 aliphatic heterocycles. The van der Waals surface area contributed by atoms with Crippen LogP contribution in [0.1, 0.15) is 35.9 Å². The molecular weight excluding hydrogens is 480 g/mol. The molecule has 0 saturated heterocycles. The van der Waals surface area contributed by atoms with Gasteiger partial charge in [0.15, 0.2) is 18.0 Å². The lowest BCUT2D eigenvalue weighted by molar-refractivity contribution is -0.154. The average Bonchev–Trinajstić information content (AvgIpc) is 3.55. The number of aromatic nitrogens is 2. The van der Waals surface area contributed by atoms with E-state index in [2.05, 4.69) is 20.0 Å². The van der Waals surface area contributed by atoms with Crippen molar-refractivity contribution in [3.8, 4) is 17.1 Å². The average molecular weight is 498 g/mol. The quantitative estimate of drug-likeness (QED) is 0.544. The normalized spacial score (nSPS) is 16.3. The number of benzene rings is 1. The maximum absolute atomic E-state index is 13.6. The van der Waals surface area contributed by atoms with Gasteiger partial charge in [0.1, 0.15) is 5.69 Å². The highest BCUT2D eigenvalue weighted by molar-refractivity contribution is 6.30. The summed E-state index contributed by atoms with van der Waals surface area (Å²) in [6, 6.07) is 5.21. The molecule has 3 rings (SSSR count). The molecule has 1 saturated carbocycles. The number of hydrogen-bond acceptors (Lipinski definition) is 5. The van der Waals surface area contributed by atoms with E-state index >= 15 is 0 Å². The molecule has 0 radical (unpaired) electrons.